The van der Waals surface area contributed by atoms with Gasteiger partial charge in [0.15, 0.2) is 0 Å². The van der Waals surface area contributed by atoms with Gasteiger partial charge in [0.2, 0.25) is 0 Å². The average molecular weight is 291 g/mol. The van der Waals surface area contributed by atoms with Gasteiger partial charge in [0.25, 0.3) is 5.91 Å². The lowest BCUT2D eigenvalue weighted by atomic mass is 10.2. The van der Waals surface area contributed by atoms with Gasteiger partial charge in [0.05, 0.1) is 0 Å². The molecule has 0 spiro atoms. The molecular formula is C11H12Cl2N2O3. The Balaban J connectivity index is 2.97. The first-order valence-corrected chi connectivity index (χ1v) is 6.03. The van der Waals surface area contributed by atoms with E-state index in [1.54, 1.807) is 0 Å². The van der Waals surface area contributed by atoms with Crippen LogP contribution in [0.3, 0.4) is 0 Å². The van der Waals surface area contributed by atoms with E-state index in [0.29, 0.717) is 13.0 Å². The highest BCUT2D eigenvalue weighted by Crippen LogP contribution is 2.16. The van der Waals surface area contributed by atoms with Crippen LogP contribution >= 0.6 is 23.2 Å². The van der Waals surface area contributed by atoms with Gasteiger partial charge in [-0.1, -0.05) is 30.1 Å². The smallest absolute Gasteiger partial charge is 0.323 e. The first-order chi connectivity index (χ1) is 8.43. The number of hydrogen-bond donors (Lipinski definition) is 1. The van der Waals surface area contributed by atoms with Crippen molar-refractivity contribution in [2.45, 2.75) is 13.3 Å². The Kier molecular flexibility index (Phi) is 5.37. The molecule has 1 heterocycles. The van der Waals surface area contributed by atoms with E-state index in [1.807, 2.05) is 6.92 Å². The first-order valence-electron chi connectivity index (χ1n) is 5.28. The van der Waals surface area contributed by atoms with Crippen molar-refractivity contribution in [3.05, 3.63) is 28.0 Å². The molecule has 1 N–H and O–H groups in total. The highest BCUT2D eigenvalue weighted by molar-refractivity contribution is 6.33. The van der Waals surface area contributed by atoms with Crippen LogP contribution < -0.4 is 0 Å². The molecular weight excluding hydrogens is 279 g/mol. The summed E-state index contributed by atoms with van der Waals surface area (Å²) in [5.74, 6) is -1.49. The molecule has 1 aromatic heterocycles. The molecule has 0 aromatic carbocycles. The van der Waals surface area contributed by atoms with E-state index >= 15 is 0 Å². The van der Waals surface area contributed by atoms with Gasteiger partial charge in [0, 0.05) is 12.1 Å². The number of pyridine rings is 1. The van der Waals surface area contributed by atoms with Gasteiger partial charge in [-0.15, -0.1) is 0 Å². The van der Waals surface area contributed by atoms with Gasteiger partial charge in [-0.25, -0.2) is 4.98 Å². The standard InChI is InChI=1S/C11H12Cl2N2O3/c1-2-3-15(6-10(16)17)11(18)7-4-8(12)14-9(13)5-7/h4-5H,2-3,6H2,1H3,(H,16,17). The quantitative estimate of drug-likeness (QED) is 0.845. The van der Waals surface area contributed by atoms with Crippen molar-refractivity contribution in [3.8, 4) is 0 Å². The van der Waals surface area contributed by atoms with Gasteiger partial charge in [-0.2, -0.15) is 0 Å². The van der Waals surface area contributed by atoms with Crippen LogP contribution in [-0.2, 0) is 4.79 Å². The maximum Gasteiger partial charge on any atom is 0.323 e. The summed E-state index contributed by atoms with van der Waals surface area (Å²) in [6.45, 7) is 1.85. The van der Waals surface area contributed by atoms with Crippen LogP contribution in [0.5, 0.6) is 0 Å². The van der Waals surface area contributed by atoms with Crippen LogP contribution in [0.15, 0.2) is 12.1 Å². The van der Waals surface area contributed by atoms with Gasteiger partial charge < -0.3 is 10.0 Å². The van der Waals surface area contributed by atoms with E-state index in [9.17, 15) is 9.59 Å². The molecule has 98 valence electrons. The molecule has 1 aromatic rings. The van der Waals surface area contributed by atoms with Crippen molar-refractivity contribution >= 4 is 35.1 Å². The normalized spacial score (nSPS) is 10.2. The largest absolute Gasteiger partial charge is 0.480 e. The number of rotatable bonds is 5. The van der Waals surface area contributed by atoms with Crippen molar-refractivity contribution in [1.82, 2.24) is 9.88 Å². The Hall–Kier alpha value is -1.33. The number of aromatic nitrogens is 1. The number of hydrogen-bond acceptors (Lipinski definition) is 3. The molecule has 0 radical (unpaired) electrons. The minimum Gasteiger partial charge on any atom is -0.480 e. The number of halogens is 2. The van der Waals surface area contributed by atoms with Gasteiger partial charge in [-0.05, 0) is 18.6 Å². The molecule has 18 heavy (non-hydrogen) atoms. The van der Waals surface area contributed by atoms with Crippen LogP contribution in [0.1, 0.15) is 23.7 Å². The maximum atomic E-state index is 12.1. The summed E-state index contributed by atoms with van der Waals surface area (Å²) in [5.41, 5.74) is 0.231. The third-order valence-corrected chi connectivity index (χ3v) is 2.50. The van der Waals surface area contributed by atoms with E-state index in [0.717, 1.165) is 0 Å². The van der Waals surface area contributed by atoms with Gasteiger partial charge >= 0.3 is 5.97 Å². The Morgan fingerprint density at radius 2 is 1.89 bits per heavy atom. The summed E-state index contributed by atoms with van der Waals surface area (Å²) in [6, 6.07) is 2.72. The maximum absolute atomic E-state index is 12.1. The molecule has 1 amide bonds. The molecule has 5 nitrogen and oxygen atoms in total. The lowest BCUT2D eigenvalue weighted by Crippen LogP contribution is -2.36. The second-order valence-corrected chi connectivity index (χ2v) is 4.40. The lowest BCUT2D eigenvalue weighted by molar-refractivity contribution is -0.137. The number of carbonyl (C=O) groups is 2. The summed E-state index contributed by atoms with van der Waals surface area (Å²) in [7, 11) is 0. The van der Waals surface area contributed by atoms with Crippen molar-refractivity contribution in [2.24, 2.45) is 0 Å². The molecule has 0 saturated heterocycles. The van der Waals surface area contributed by atoms with Crippen LogP contribution in [0, 0.1) is 0 Å². The zero-order valence-corrected chi connectivity index (χ0v) is 11.2. The fourth-order valence-electron chi connectivity index (χ4n) is 1.46. The molecule has 0 aliphatic heterocycles. The average Bonchev–Trinajstić information content (AvgIpc) is 2.25. The van der Waals surface area contributed by atoms with Crippen molar-refractivity contribution < 1.29 is 14.7 Å². The molecule has 0 fully saturated rings. The molecule has 0 bridgehead atoms. The number of carbonyl (C=O) groups excluding carboxylic acids is 1. The molecule has 1 rings (SSSR count). The fourth-order valence-corrected chi connectivity index (χ4v) is 1.92. The summed E-state index contributed by atoms with van der Waals surface area (Å²) < 4.78 is 0. The van der Waals surface area contributed by atoms with Gasteiger partial charge in [0.1, 0.15) is 16.9 Å². The van der Waals surface area contributed by atoms with Crippen molar-refractivity contribution in [3.63, 3.8) is 0 Å². The predicted molar refractivity (Wildman–Crippen MR) is 68.1 cm³/mol. The Labute approximate surface area is 114 Å². The molecule has 0 unspecified atom stereocenters. The molecule has 0 saturated carbocycles. The number of aliphatic carboxylic acids is 1. The van der Waals surface area contributed by atoms with E-state index in [2.05, 4.69) is 4.98 Å². The predicted octanol–water partition coefficient (Wildman–Crippen LogP) is 2.33. The topological polar surface area (TPSA) is 70.5 Å². The van der Waals surface area contributed by atoms with E-state index in [-0.39, 0.29) is 22.4 Å². The Morgan fingerprint density at radius 1 is 1.33 bits per heavy atom. The second-order valence-electron chi connectivity index (χ2n) is 3.62. The van der Waals surface area contributed by atoms with Crippen LogP contribution in [0.2, 0.25) is 10.3 Å². The Morgan fingerprint density at radius 3 is 2.33 bits per heavy atom. The zero-order chi connectivity index (χ0) is 13.7. The molecule has 0 aliphatic rings. The highest BCUT2D eigenvalue weighted by Gasteiger charge is 2.18. The van der Waals surface area contributed by atoms with Crippen molar-refractivity contribution in [1.29, 1.82) is 0 Å². The van der Waals surface area contributed by atoms with Crippen LogP contribution in [0.25, 0.3) is 0 Å². The Bertz CT molecular complexity index is 445. The monoisotopic (exact) mass is 290 g/mol. The molecule has 0 aliphatic carbocycles. The highest BCUT2D eigenvalue weighted by atomic mass is 35.5. The number of carboxylic acid groups (broad SMARTS) is 1. The third-order valence-electron chi connectivity index (χ3n) is 2.12. The zero-order valence-electron chi connectivity index (χ0n) is 9.69. The second kappa shape index (κ2) is 6.56. The van der Waals surface area contributed by atoms with E-state index < -0.39 is 11.9 Å². The van der Waals surface area contributed by atoms with Crippen molar-refractivity contribution in [2.75, 3.05) is 13.1 Å². The van der Waals surface area contributed by atoms with Crippen LogP contribution in [0.4, 0.5) is 0 Å². The lowest BCUT2D eigenvalue weighted by Gasteiger charge is -2.20. The van der Waals surface area contributed by atoms with Crippen LogP contribution in [-0.4, -0.2) is 40.0 Å². The molecule has 7 heteroatoms. The minimum absolute atomic E-state index is 0.0950. The summed E-state index contributed by atoms with van der Waals surface area (Å²) in [6.07, 6.45) is 0.658. The van der Waals surface area contributed by atoms with Gasteiger partial charge in [-0.3, -0.25) is 9.59 Å². The summed E-state index contributed by atoms with van der Waals surface area (Å²) >= 11 is 11.4. The summed E-state index contributed by atoms with van der Waals surface area (Å²) in [4.78, 5) is 27.7. The molecule has 0 atom stereocenters. The first kappa shape index (κ1) is 14.7. The third kappa shape index (κ3) is 4.16. The van der Waals surface area contributed by atoms with E-state index in [1.165, 1.54) is 17.0 Å². The van der Waals surface area contributed by atoms with E-state index in [4.69, 9.17) is 28.3 Å². The number of amides is 1. The number of nitrogens with zero attached hydrogens (tertiary/aromatic N) is 2. The summed E-state index contributed by atoms with van der Waals surface area (Å²) in [5, 5.41) is 8.95. The minimum atomic E-state index is -1.07. The fraction of sp³-hybridized carbons (Fsp3) is 0.364. The number of carboxylic acids is 1. The SMILES string of the molecule is CCCN(CC(=O)O)C(=O)c1cc(Cl)nc(Cl)c1.